The van der Waals surface area contributed by atoms with Crippen LogP contribution < -0.4 is 5.32 Å². The highest BCUT2D eigenvalue weighted by atomic mass is 19.1. The normalized spacial score (nSPS) is 16.4. The van der Waals surface area contributed by atoms with Crippen molar-refractivity contribution in [3.05, 3.63) is 54.0 Å². The maximum Gasteiger partial charge on any atom is 0.186 e. The van der Waals surface area contributed by atoms with E-state index in [1.807, 2.05) is 24.3 Å². The number of nitrogens with zero attached hydrogens (tertiary/aromatic N) is 3. The molecule has 0 amide bonds. The van der Waals surface area contributed by atoms with E-state index in [9.17, 15) is 4.39 Å². The van der Waals surface area contributed by atoms with Gasteiger partial charge >= 0.3 is 0 Å². The third kappa shape index (κ3) is 2.70. The van der Waals surface area contributed by atoms with Gasteiger partial charge in [0.15, 0.2) is 5.82 Å². The van der Waals surface area contributed by atoms with Crippen molar-refractivity contribution in [2.45, 2.75) is 12.6 Å². The number of hydrogen-bond acceptors (Lipinski definition) is 3. The van der Waals surface area contributed by atoms with E-state index in [1.54, 1.807) is 22.9 Å². The predicted octanol–water partition coefficient (Wildman–Crippen LogP) is 2.29. The number of rotatable bonds is 2. The van der Waals surface area contributed by atoms with E-state index >= 15 is 0 Å². The van der Waals surface area contributed by atoms with Crippen LogP contribution in [0.4, 0.5) is 4.39 Å². The Morgan fingerprint density at radius 3 is 2.91 bits per heavy atom. The number of fused-ring (bicyclic) bond motifs is 1. The lowest BCUT2D eigenvalue weighted by Crippen LogP contribution is -2.22. The molecule has 4 nitrogen and oxygen atoms in total. The summed E-state index contributed by atoms with van der Waals surface area (Å²) in [6, 6.07) is 9.35. The van der Waals surface area contributed by atoms with Crippen LogP contribution in [0.15, 0.2) is 48.2 Å². The van der Waals surface area contributed by atoms with E-state index in [-0.39, 0.29) is 12.6 Å². The number of nitrogens with one attached hydrogen (secondary N) is 1. The molecule has 1 unspecified atom stereocenters. The van der Waals surface area contributed by atoms with Crippen molar-refractivity contribution < 1.29 is 4.39 Å². The minimum Gasteiger partial charge on any atom is -0.372 e. The first-order valence-electron chi connectivity index (χ1n) is 6.89. The lowest BCUT2D eigenvalue weighted by Gasteiger charge is -2.08. The third-order valence-electron chi connectivity index (χ3n) is 3.31. The van der Waals surface area contributed by atoms with Crippen LogP contribution in [0.1, 0.15) is 5.82 Å². The summed E-state index contributed by atoms with van der Waals surface area (Å²) in [7, 11) is 0. The quantitative estimate of drug-likeness (QED) is 0.864. The van der Waals surface area contributed by atoms with E-state index in [0.29, 0.717) is 5.82 Å². The second kappa shape index (κ2) is 6.15. The predicted molar refractivity (Wildman–Crippen MR) is 82.3 cm³/mol. The number of halogens is 1. The summed E-state index contributed by atoms with van der Waals surface area (Å²) in [6.45, 7) is -0.239. The molecule has 0 fully saturated rings. The minimum absolute atomic E-state index is 0.230. The molecule has 3 rings (SSSR count). The number of nitriles is 1. The highest BCUT2D eigenvalue weighted by molar-refractivity contribution is 5.76. The zero-order chi connectivity index (χ0) is 15.4. The summed E-state index contributed by atoms with van der Waals surface area (Å²) in [6.07, 6.45) is 5.23. The van der Waals surface area contributed by atoms with Gasteiger partial charge in [0, 0.05) is 11.8 Å². The molecule has 1 N–H and O–H groups in total. The van der Waals surface area contributed by atoms with Gasteiger partial charge in [0.05, 0.1) is 23.6 Å². The van der Waals surface area contributed by atoms with E-state index < -0.39 is 6.67 Å². The second-order valence-electron chi connectivity index (χ2n) is 4.75. The standard InChI is InChI=1S/C17H13FN4/c18-9-10-22-16-4-2-1-3-15(16)21-17(22)8-6-13-5-7-14(11-19)20-12-13/h1-5,7,12,14,20H,9-10H2. The number of benzene rings is 1. The van der Waals surface area contributed by atoms with Gasteiger partial charge in [-0.3, -0.25) is 0 Å². The number of aromatic nitrogens is 2. The molecule has 0 spiro atoms. The summed E-state index contributed by atoms with van der Waals surface area (Å²) in [5.74, 6) is 6.51. The van der Waals surface area contributed by atoms with Crippen LogP contribution in [0.5, 0.6) is 0 Å². The van der Waals surface area contributed by atoms with E-state index in [2.05, 4.69) is 28.2 Å². The largest absolute Gasteiger partial charge is 0.372 e. The molecule has 1 atom stereocenters. The molecular formula is C17H13FN4. The Morgan fingerprint density at radius 2 is 2.18 bits per heavy atom. The summed E-state index contributed by atoms with van der Waals surface area (Å²) in [5.41, 5.74) is 2.43. The fourth-order valence-corrected chi connectivity index (χ4v) is 2.25. The topological polar surface area (TPSA) is 53.6 Å². The molecule has 108 valence electrons. The number of hydrogen-bond donors (Lipinski definition) is 1. The van der Waals surface area contributed by atoms with Crippen molar-refractivity contribution in [1.29, 1.82) is 5.26 Å². The lowest BCUT2D eigenvalue weighted by molar-refractivity contribution is 0.448. The number of aryl methyl sites for hydroxylation is 1. The zero-order valence-corrected chi connectivity index (χ0v) is 11.8. The number of alkyl halides is 1. The fourth-order valence-electron chi connectivity index (χ4n) is 2.25. The molecule has 1 aromatic heterocycles. The molecule has 0 bridgehead atoms. The fraction of sp³-hybridized carbons (Fsp3) is 0.176. The van der Waals surface area contributed by atoms with Gasteiger partial charge in [0.25, 0.3) is 0 Å². The van der Waals surface area contributed by atoms with Gasteiger partial charge in [-0.2, -0.15) is 5.26 Å². The Morgan fingerprint density at radius 1 is 1.32 bits per heavy atom. The van der Waals surface area contributed by atoms with Gasteiger partial charge in [-0.25, -0.2) is 9.37 Å². The SMILES string of the molecule is N#CC1C=CC(C#Cc2nc3ccccc3n2CCF)=CN1. The Hall–Kier alpha value is -3.05. The summed E-state index contributed by atoms with van der Waals surface area (Å²) in [4.78, 5) is 4.45. The first-order valence-corrected chi connectivity index (χ1v) is 6.89. The molecule has 0 radical (unpaired) electrons. The molecule has 0 saturated heterocycles. The molecule has 2 heterocycles. The molecule has 1 aliphatic heterocycles. The average molecular weight is 292 g/mol. The van der Waals surface area contributed by atoms with Crippen LogP contribution in [0.25, 0.3) is 11.0 Å². The minimum atomic E-state index is -0.469. The van der Waals surface area contributed by atoms with Crippen LogP contribution in [-0.2, 0) is 6.54 Å². The highest BCUT2D eigenvalue weighted by Gasteiger charge is 2.08. The van der Waals surface area contributed by atoms with Crippen LogP contribution in [0.2, 0.25) is 0 Å². The number of imidazole rings is 1. The van der Waals surface area contributed by atoms with Crippen molar-refractivity contribution in [3.8, 4) is 17.9 Å². The van der Waals surface area contributed by atoms with Gasteiger partial charge in [-0.15, -0.1) is 0 Å². The molecule has 22 heavy (non-hydrogen) atoms. The van der Waals surface area contributed by atoms with Gasteiger partial charge < -0.3 is 9.88 Å². The van der Waals surface area contributed by atoms with Gasteiger partial charge in [-0.05, 0) is 30.2 Å². The lowest BCUT2D eigenvalue weighted by atomic mass is 10.1. The highest BCUT2D eigenvalue weighted by Crippen LogP contribution is 2.15. The summed E-state index contributed by atoms with van der Waals surface area (Å²) >= 11 is 0. The average Bonchev–Trinajstić information content (AvgIpc) is 2.92. The first-order chi connectivity index (χ1) is 10.8. The Bertz CT molecular complexity index is 858. The first kappa shape index (κ1) is 13.9. The second-order valence-corrected chi connectivity index (χ2v) is 4.75. The number of allylic oxidation sites excluding steroid dienone is 2. The van der Waals surface area contributed by atoms with E-state index in [1.165, 1.54) is 0 Å². The Labute approximate surface area is 127 Å². The maximum absolute atomic E-state index is 12.8. The monoisotopic (exact) mass is 292 g/mol. The molecule has 1 aliphatic rings. The van der Waals surface area contributed by atoms with Crippen molar-refractivity contribution in [2.75, 3.05) is 6.67 Å². The molecule has 0 aliphatic carbocycles. The van der Waals surface area contributed by atoms with E-state index in [4.69, 9.17) is 5.26 Å². The third-order valence-corrected chi connectivity index (χ3v) is 3.31. The van der Waals surface area contributed by atoms with Gasteiger partial charge in [-0.1, -0.05) is 18.1 Å². The molecule has 5 heteroatoms. The Kier molecular flexibility index (Phi) is 3.89. The number of para-hydroxylation sites is 2. The van der Waals surface area contributed by atoms with Crippen LogP contribution in [0.3, 0.4) is 0 Å². The smallest absolute Gasteiger partial charge is 0.186 e. The molecule has 0 saturated carbocycles. The van der Waals surface area contributed by atoms with Crippen molar-refractivity contribution in [1.82, 2.24) is 14.9 Å². The van der Waals surface area contributed by atoms with Gasteiger partial charge in [0.1, 0.15) is 12.7 Å². The summed E-state index contributed by atoms with van der Waals surface area (Å²) < 4.78 is 14.6. The van der Waals surface area contributed by atoms with Crippen LogP contribution >= 0.6 is 0 Å². The van der Waals surface area contributed by atoms with Crippen molar-refractivity contribution in [3.63, 3.8) is 0 Å². The summed E-state index contributed by atoms with van der Waals surface area (Å²) in [5, 5.41) is 11.7. The molecular weight excluding hydrogens is 279 g/mol. The number of dihydropyridines is 1. The molecule has 1 aromatic carbocycles. The zero-order valence-electron chi connectivity index (χ0n) is 11.8. The molecule has 2 aromatic rings. The van der Waals surface area contributed by atoms with Crippen LogP contribution in [-0.4, -0.2) is 22.3 Å². The Balaban J connectivity index is 1.94. The van der Waals surface area contributed by atoms with Crippen LogP contribution in [0, 0.1) is 23.2 Å². The van der Waals surface area contributed by atoms with E-state index in [0.717, 1.165) is 16.6 Å². The van der Waals surface area contributed by atoms with Crippen molar-refractivity contribution >= 4 is 11.0 Å². The maximum atomic E-state index is 12.8. The van der Waals surface area contributed by atoms with Crippen molar-refractivity contribution in [2.24, 2.45) is 0 Å². The van der Waals surface area contributed by atoms with Gasteiger partial charge in [0.2, 0.25) is 0 Å².